The van der Waals surface area contributed by atoms with Gasteiger partial charge in [-0.2, -0.15) is 5.10 Å². The molecular formula is C15H15N3O2. The van der Waals surface area contributed by atoms with E-state index >= 15 is 0 Å². The van der Waals surface area contributed by atoms with Crippen molar-refractivity contribution in [3.8, 4) is 11.8 Å². The molecule has 0 unspecified atom stereocenters. The van der Waals surface area contributed by atoms with Crippen LogP contribution < -0.4 is 5.32 Å². The summed E-state index contributed by atoms with van der Waals surface area (Å²) in [6.45, 7) is 0.187. The number of hydrogen-bond donors (Lipinski definition) is 2. The molecule has 1 aromatic heterocycles. The molecule has 2 N–H and O–H groups in total. The van der Waals surface area contributed by atoms with Crippen LogP contribution in [0.2, 0.25) is 0 Å². The van der Waals surface area contributed by atoms with Crippen LogP contribution in [0.5, 0.6) is 0 Å². The highest BCUT2D eigenvalue weighted by Crippen LogP contribution is 2.13. The third-order valence-corrected chi connectivity index (χ3v) is 2.53. The van der Waals surface area contributed by atoms with Crippen LogP contribution in [0.1, 0.15) is 12.0 Å². The molecule has 1 amide bonds. The molecule has 1 aromatic carbocycles. The molecule has 0 saturated heterocycles. The van der Waals surface area contributed by atoms with Gasteiger partial charge in [0.1, 0.15) is 6.54 Å². The molecule has 0 atom stereocenters. The Morgan fingerprint density at radius 3 is 2.95 bits per heavy atom. The zero-order valence-electron chi connectivity index (χ0n) is 10.9. The molecule has 2 rings (SSSR count). The number of benzene rings is 1. The molecular weight excluding hydrogens is 254 g/mol. The first-order chi connectivity index (χ1) is 9.79. The van der Waals surface area contributed by atoms with E-state index in [1.807, 2.05) is 18.2 Å². The van der Waals surface area contributed by atoms with E-state index in [1.165, 1.54) is 0 Å². The summed E-state index contributed by atoms with van der Waals surface area (Å²) in [5.41, 5.74) is 1.39. The van der Waals surface area contributed by atoms with Crippen molar-refractivity contribution >= 4 is 11.6 Å². The van der Waals surface area contributed by atoms with Gasteiger partial charge in [-0.25, -0.2) is 0 Å². The quantitative estimate of drug-likeness (QED) is 0.821. The summed E-state index contributed by atoms with van der Waals surface area (Å²) in [4.78, 5) is 11.9. The van der Waals surface area contributed by atoms with Gasteiger partial charge in [0.05, 0.1) is 12.3 Å². The van der Waals surface area contributed by atoms with Crippen LogP contribution in [0.3, 0.4) is 0 Å². The zero-order valence-corrected chi connectivity index (χ0v) is 10.9. The molecule has 0 spiro atoms. The van der Waals surface area contributed by atoms with Crippen molar-refractivity contribution in [3.63, 3.8) is 0 Å². The van der Waals surface area contributed by atoms with E-state index in [4.69, 9.17) is 5.11 Å². The standard InChI is InChI=1S/C15H15N3O2/c19-11-4-3-7-13-6-1-2-8-14(13)17-15(20)12-18-10-5-9-16-18/h1-2,5-6,8-10,19H,4,11-12H2,(H,17,20). The Morgan fingerprint density at radius 1 is 1.35 bits per heavy atom. The van der Waals surface area contributed by atoms with Crippen molar-refractivity contribution in [3.05, 3.63) is 48.3 Å². The summed E-state index contributed by atoms with van der Waals surface area (Å²) in [5.74, 6) is 5.61. The average molecular weight is 269 g/mol. The molecule has 102 valence electrons. The number of para-hydroxylation sites is 1. The molecule has 0 radical (unpaired) electrons. The molecule has 0 aliphatic carbocycles. The normalized spacial score (nSPS) is 9.65. The number of anilines is 1. The minimum absolute atomic E-state index is 0.0286. The molecule has 0 saturated carbocycles. The van der Waals surface area contributed by atoms with E-state index in [0.29, 0.717) is 12.1 Å². The number of rotatable bonds is 4. The number of carbonyl (C=O) groups is 1. The Labute approximate surface area is 117 Å². The summed E-state index contributed by atoms with van der Waals surface area (Å²) < 4.78 is 1.55. The van der Waals surface area contributed by atoms with E-state index in [2.05, 4.69) is 22.3 Å². The Kier molecular flexibility index (Phi) is 4.93. The molecule has 0 aliphatic heterocycles. The second-order valence-corrected chi connectivity index (χ2v) is 4.07. The van der Waals surface area contributed by atoms with Crippen LogP contribution in [-0.4, -0.2) is 27.4 Å². The summed E-state index contributed by atoms with van der Waals surface area (Å²) in [6, 6.07) is 9.08. The van der Waals surface area contributed by atoms with Gasteiger partial charge in [0.15, 0.2) is 0 Å². The Hall–Kier alpha value is -2.58. The van der Waals surface area contributed by atoms with E-state index in [0.717, 1.165) is 5.56 Å². The van der Waals surface area contributed by atoms with Crippen LogP contribution >= 0.6 is 0 Å². The number of aliphatic hydroxyl groups excluding tert-OH is 1. The highest BCUT2D eigenvalue weighted by atomic mass is 16.2. The van der Waals surface area contributed by atoms with E-state index in [1.54, 1.807) is 29.2 Å². The first-order valence-electron chi connectivity index (χ1n) is 6.25. The second-order valence-electron chi connectivity index (χ2n) is 4.07. The topological polar surface area (TPSA) is 67.2 Å². The van der Waals surface area contributed by atoms with Crippen LogP contribution in [0.15, 0.2) is 42.7 Å². The van der Waals surface area contributed by atoms with Gasteiger partial charge in [-0.1, -0.05) is 24.0 Å². The SMILES string of the molecule is O=C(Cn1cccn1)Nc1ccccc1C#CCCO. The number of carbonyl (C=O) groups excluding carboxylic acids is 1. The molecule has 1 heterocycles. The molecule has 20 heavy (non-hydrogen) atoms. The lowest BCUT2D eigenvalue weighted by molar-refractivity contribution is -0.116. The maximum Gasteiger partial charge on any atom is 0.246 e. The van der Waals surface area contributed by atoms with Crippen molar-refractivity contribution in [2.24, 2.45) is 0 Å². The monoisotopic (exact) mass is 269 g/mol. The summed E-state index contributed by atoms with van der Waals surface area (Å²) in [6.07, 6.45) is 3.77. The predicted octanol–water partition coefficient (Wildman–Crippen LogP) is 1.26. The third-order valence-electron chi connectivity index (χ3n) is 2.53. The lowest BCUT2D eigenvalue weighted by atomic mass is 10.1. The van der Waals surface area contributed by atoms with Gasteiger partial charge in [0.2, 0.25) is 5.91 Å². The van der Waals surface area contributed by atoms with Gasteiger partial charge in [-0.05, 0) is 18.2 Å². The van der Waals surface area contributed by atoms with Crippen LogP contribution in [0, 0.1) is 11.8 Å². The van der Waals surface area contributed by atoms with Crippen molar-refractivity contribution in [2.75, 3.05) is 11.9 Å². The number of nitrogens with zero attached hydrogens (tertiary/aromatic N) is 2. The predicted molar refractivity (Wildman–Crippen MR) is 75.9 cm³/mol. The maximum atomic E-state index is 11.9. The largest absolute Gasteiger partial charge is 0.395 e. The average Bonchev–Trinajstić information content (AvgIpc) is 2.93. The number of aromatic nitrogens is 2. The minimum Gasteiger partial charge on any atom is -0.395 e. The molecule has 5 heteroatoms. The fraction of sp³-hybridized carbons (Fsp3) is 0.200. The fourth-order valence-corrected chi connectivity index (χ4v) is 1.65. The maximum absolute atomic E-state index is 11.9. The molecule has 0 bridgehead atoms. The van der Waals surface area contributed by atoms with E-state index in [9.17, 15) is 4.79 Å². The Balaban J connectivity index is 2.05. The molecule has 0 aliphatic rings. The summed E-state index contributed by atoms with van der Waals surface area (Å²) in [7, 11) is 0. The third kappa shape index (κ3) is 3.97. The summed E-state index contributed by atoms with van der Waals surface area (Å²) >= 11 is 0. The van der Waals surface area contributed by atoms with Gasteiger partial charge < -0.3 is 10.4 Å². The first-order valence-corrected chi connectivity index (χ1v) is 6.25. The first kappa shape index (κ1) is 13.8. The van der Waals surface area contributed by atoms with Crippen molar-refractivity contribution in [1.29, 1.82) is 0 Å². The minimum atomic E-state index is -0.162. The van der Waals surface area contributed by atoms with Crippen molar-refractivity contribution in [1.82, 2.24) is 9.78 Å². The second kappa shape index (κ2) is 7.12. The molecule has 0 fully saturated rings. The highest BCUT2D eigenvalue weighted by molar-refractivity contribution is 5.91. The van der Waals surface area contributed by atoms with Gasteiger partial charge in [-0.3, -0.25) is 9.48 Å². The van der Waals surface area contributed by atoms with Crippen molar-refractivity contribution < 1.29 is 9.90 Å². The lowest BCUT2D eigenvalue weighted by Crippen LogP contribution is -2.19. The smallest absolute Gasteiger partial charge is 0.246 e. The zero-order chi connectivity index (χ0) is 14.2. The van der Waals surface area contributed by atoms with Gasteiger partial charge >= 0.3 is 0 Å². The van der Waals surface area contributed by atoms with Gasteiger partial charge in [0.25, 0.3) is 0 Å². The Morgan fingerprint density at radius 2 is 2.20 bits per heavy atom. The molecule has 2 aromatic rings. The van der Waals surface area contributed by atoms with Crippen LogP contribution in [-0.2, 0) is 11.3 Å². The van der Waals surface area contributed by atoms with E-state index < -0.39 is 0 Å². The van der Waals surface area contributed by atoms with Crippen LogP contribution in [0.4, 0.5) is 5.69 Å². The summed E-state index contributed by atoms with van der Waals surface area (Å²) in [5, 5.41) is 15.5. The highest BCUT2D eigenvalue weighted by Gasteiger charge is 2.06. The van der Waals surface area contributed by atoms with Gasteiger partial charge in [0, 0.05) is 24.4 Å². The molecule has 5 nitrogen and oxygen atoms in total. The lowest BCUT2D eigenvalue weighted by Gasteiger charge is -2.07. The number of amides is 1. The Bertz CT molecular complexity index is 624. The van der Waals surface area contributed by atoms with Crippen LogP contribution in [0.25, 0.3) is 0 Å². The number of nitrogens with one attached hydrogen (secondary N) is 1. The van der Waals surface area contributed by atoms with Crippen molar-refractivity contribution in [2.45, 2.75) is 13.0 Å². The van der Waals surface area contributed by atoms with E-state index in [-0.39, 0.29) is 19.1 Å². The number of aliphatic hydroxyl groups is 1. The van der Waals surface area contributed by atoms with Gasteiger partial charge in [-0.15, -0.1) is 0 Å². The number of hydrogen-bond acceptors (Lipinski definition) is 3. The fourth-order valence-electron chi connectivity index (χ4n) is 1.65.